The Morgan fingerprint density at radius 3 is 1.98 bits per heavy atom. The van der Waals surface area contributed by atoms with Crippen molar-refractivity contribution in [1.82, 2.24) is 9.97 Å². The quantitative estimate of drug-likeness (QED) is 0.131. The molecule has 207 valence electrons. The molecular weight excluding hydrogens is 693 g/mol. The average molecular weight is 732 g/mol. The summed E-state index contributed by atoms with van der Waals surface area (Å²) in [7, 11) is -1.23. The molecule has 0 aliphatic carbocycles. The van der Waals surface area contributed by atoms with Crippen LogP contribution in [0.2, 0.25) is 19.6 Å². The van der Waals surface area contributed by atoms with Gasteiger partial charge in [-0.3, -0.25) is 0 Å². The fourth-order valence-corrected chi connectivity index (χ4v) is 5.27. The summed E-state index contributed by atoms with van der Waals surface area (Å²) in [6.07, 6.45) is 1.26. The number of benzene rings is 4. The van der Waals surface area contributed by atoms with Crippen LogP contribution in [-0.4, -0.2) is 18.0 Å². The molecule has 0 fully saturated rings. The molecule has 1 radical (unpaired) electrons. The van der Waals surface area contributed by atoms with Crippen molar-refractivity contribution in [3.8, 4) is 22.5 Å². The summed E-state index contributed by atoms with van der Waals surface area (Å²) in [6.45, 7) is 4.51. The fraction of sp³-hybridized carbons (Fsp3) is 0.135. The minimum atomic E-state index is -2.48. The second-order valence-electron chi connectivity index (χ2n) is 10.5. The Morgan fingerprint density at radius 1 is 0.707 bits per heavy atom. The first-order chi connectivity index (χ1) is 21.3. The maximum absolute atomic E-state index is 8.84. The van der Waals surface area contributed by atoms with E-state index in [1.165, 1.54) is 17.4 Å². The first kappa shape index (κ1) is 24.0. The van der Waals surface area contributed by atoms with Crippen molar-refractivity contribution in [3.63, 3.8) is 0 Å². The summed E-state index contributed by atoms with van der Waals surface area (Å²) in [4.78, 5) is 8.79. The number of pyridine rings is 2. The number of aryl methyl sites for hydroxylation is 1. The van der Waals surface area contributed by atoms with E-state index in [0.29, 0.717) is 16.8 Å². The summed E-state index contributed by atoms with van der Waals surface area (Å²) >= 11 is 0. The predicted octanol–water partition coefficient (Wildman–Crippen LogP) is 8.69. The normalized spacial score (nSPS) is 13.3. The molecular formula is C37H34IrN2Si-2. The maximum Gasteiger partial charge on any atom is 0.0795 e. The summed E-state index contributed by atoms with van der Waals surface area (Å²) in [5, 5.41) is 3.29. The molecule has 6 rings (SSSR count). The van der Waals surface area contributed by atoms with Gasteiger partial charge in [0.15, 0.2) is 0 Å². The van der Waals surface area contributed by atoms with Gasteiger partial charge in [-0.25, -0.2) is 0 Å². The van der Waals surface area contributed by atoms with Gasteiger partial charge in [-0.2, -0.15) is 0 Å². The van der Waals surface area contributed by atoms with E-state index in [-0.39, 0.29) is 31.2 Å². The number of fused-ring (bicyclic) bond motifs is 1. The van der Waals surface area contributed by atoms with Gasteiger partial charge in [0.05, 0.1) is 8.07 Å². The van der Waals surface area contributed by atoms with Gasteiger partial charge in [-0.05, 0) is 57.3 Å². The Kier molecular flexibility index (Phi) is 8.05. The summed E-state index contributed by atoms with van der Waals surface area (Å²) in [5.41, 5.74) is 3.63. The van der Waals surface area contributed by atoms with Crippen molar-refractivity contribution in [2.24, 2.45) is 0 Å². The third-order valence-electron chi connectivity index (χ3n) is 6.53. The first-order valence-electron chi connectivity index (χ1n) is 15.7. The molecule has 0 N–H and O–H groups in total. The van der Waals surface area contributed by atoms with Crippen LogP contribution in [0.3, 0.4) is 0 Å². The topological polar surface area (TPSA) is 25.8 Å². The van der Waals surface area contributed by atoms with Crippen LogP contribution in [0.15, 0.2) is 122 Å². The molecule has 0 aliphatic rings. The monoisotopic (exact) mass is 732 g/mol. The number of aromatic nitrogens is 2. The molecule has 0 saturated carbocycles. The molecule has 4 aromatic carbocycles. The molecule has 6 aromatic rings. The van der Waals surface area contributed by atoms with Crippen LogP contribution in [0, 0.1) is 19.0 Å². The van der Waals surface area contributed by atoms with Gasteiger partial charge in [-0.1, -0.05) is 80.3 Å². The van der Waals surface area contributed by atoms with Crippen LogP contribution >= 0.6 is 0 Å². The van der Waals surface area contributed by atoms with Crippen molar-refractivity contribution in [2.45, 2.75) is 32.9 Å². The standard InChI is InChI=1S/C23H18N.C14H16NSi.Ir/c1-17-16-24-23(20-8-3-2-4-9-20)15-22(17)14-18-11-12-19-7-5-6-10-21(19)13-18;1-16(2,3)13-9-10-14(15-11-13)12-7-5-4-6-8-12;/h2-8,10-13,15-16H,14H2,1H3;4-7,9-11H,1-3H3;/q2*-1;/i1D3,14D2;;. The Morgan fingerprint density at radius 2 is 1.37 bits per heavy atom. The van der Waals surface area contributed by atoms with E-state index in [1.54, 1.807) is 18.2 Å². The van der Waals surface area contributed by atoms with Crippen molar-refractivity contribution in [3.05, 3.63) is 150 Å². The molecule has 41 heavy (non-hydrogen) atoms. The smallest absolute Gasteiger partial charge is 0.0795 e. The SMILES string of the molecule is C[Si](C)(C)c1ccc(-c2[c-]cccc2)nc1.[2H]C([2H])([2H])c1cnc(-c2[c-]cccc2)cc1C([2H])([2H])c1ccc2ccccc2c1.[Ir]. The van der Waals surface area contributed by atoms with Gasteiger partial charge in [0.2, 0.25) is 0 Å². The zero-order valence-corrected chi connectivity index (χ0v) is 26.7. The van der Waals surface area contributed by atoms with E-state index in [0.717, 1.165) is 22.0 Å². The number of hydrogen-bond acceptors (Lipinski definition) is 2. The van der Waals surface area contributed by atoms with Crippen molar-refractivity contribution >= 4 is 24.0 Å². The van der Waals surface area contributed by atoms with E-state index < -0.39 is 21.3 Å². The van der Waals surface area contributed by atoms with Gasteiger partial charge >= 0.3 is 0 Å². The molecule has 0 aliphatic heterocycles. The van der Waals surface area contributed by atoms with E-state index >= 15 is 0 Å². The van der Waals surface area contributed by atoms with Crippen molar-refractivity contribution < 1.29 is 27.0 Å². The average Bonchev–Trinajstić information content (AvgIpc) is 3.04. The summed E-state index contributed by atoms with van der Waals surface area (Å²) in [5.74, 6) is 0. The van der Waals surface area contributed by atoms with Gasteiger partial charge in [0, 0.05) is 39.4 Å². The van der Waals surface area contributed by atoms with E-state index in [2.05, 4.69) is 53.9 Å². The Hall–Kier alpha value is -3.69. The van der Waals surface area contributed by atoms with Crippen molar-refractivity contribution in [1.29, 1.82) is 0 Å². The number of hydrogen-bond donors (Lipinski definition) is 0. The van der Waals surface area contributed by atoms with Gasteiger partial charge in [-0.15, -0.1) is 71.8 Å². The zero-order chi connectivity index (χ0) is 32.2. The minimum Gasteiger partial charge on any atom is -0.305 e. The number of nitrogens with zero attached hydrogens (tertiary/aromatic N) is 2. The Labute approximate surface area is 265 Å². The van der Waals surface area contributed by atoms with Crippen LogP contribution in [0.25, 0.3) is 33.3 Å². The Balaban J connectivity index is 0.000000240. The number of rotatable bonds is 5. The minimum absolute atomic E-state index is 0. The fourth-order valence-electron chi connectivity index (χ4n) is 4.23. The zero-order valence-electron chi connectivity index (χ0n) is 28.3. The van der Waals surface area contributed by atoms with Gasteiger partial charge in [0.1, 0.15) is 0 Å². The third kappa shape index (κ3) is 7.95. The molecule has 4 heteroatoms. The van der Waals surface area contributed by atoms with Gasteiger partial charge < -0.3 is 9.97 Å². The van der Waals surface area contributed by atoms with E-state index in [9.17, 15) is 0 Å². The van der Waals surface area contributed by atoms with E-state index in [4.69, 9.17) is 6.85 Å². The molecule has 0 unspecified atom stereocenters. The summed E-state index contributed by atoms with van der Waals surface area (Å²) < 4.78 is 41.3. The van der Waals surface area contributed by atoms with Crippen LogP contribution in [-0.2, 0) is 26.5 Å². The predicted molar refractivity (Wildman–Crippen MR) is 171 cm³/mol. The second kappa shape index (κ2) is 13.8. The molecule has 0 saturated heterocycles. The molecule has 2 aromatic heterocycles. The molecule has 0 spiro atoms. The maximum atomic E-state index is 8.84. The first-order valence-corrected chi connectivity index (χ1v) is 16.7. The molecule has 0 bridgehead atoms. The van der Waals surface area contributed by atoms with Crippen LogP contribution in [0.1, 0.15) is 23.5 Å². The summed E-state index contributed by atoms with van der Waals surface area (Å²) in [6, 6.07) is 40.3. The molecule has 0 amide bonds. The molecule has 2 heterocycles. The Bertz CT molecular complexity index is 1890. The van der Waals surface area contributed by atoms with Gasteiger partial charge in [0.25, 0.3) is 0 Å². The van der Waals surface area contributed by atoms with Crippen LogP contribution in [0.4, 0.5) is 0 Å². The largest absolute Gasteiger partial charge is 0.305 e. The van der Waals surface area contributed by atoms with Crippen LogP contribution < -0.4 is 5.19 Å². The van der Waals surface area contributed by atoms with E-state index in [1.807, 2.05) is 79.0 Å². The van der Waals surface area contributed by atoms with Crippen LogP contribution in [0.5, 0.6) is 0 Å². The second-order valence-corrected chi connectivity index (χ2v) is 15.6. The molecule has 0 atom stereocenters. The molecule has 2 nitrogen and oxygen atoms in total. The third-order valence-corrected chi connectivity index (χ3v) is 8.56. The van der Waals surface area contributed by atoms with Crippen molar-refractivity contribution in [2.75, 3.05) is 0 Å².